The molecule has 9 heteroatoms. The molecule has 0 aliphatic carbocycles. The third kappa shape index (κ3) is 5.66. The smallest absolute Gasteiger partial charge is 0.307 e. The molecule has 0 bridgehead atoms. The number of para-hydroxylation sites is 3. The fraction of sp³-hybridized carbons (Fsp3) is 0.312. The van der Waals surface area contributed by atoms with Crippen molar-refractivity contribution in [3.8, 4) is 11.5 Å². The predicted octanol–water partition coefficient (Wildman–Crippen LogP) is 5.21. The van der Waals surface area contributed by atoms with Crippen molar-refractivity contribution in [1.82, 2.24) is 5.01 Å². The number of carboxylic acid groups (broad SMARTS) is 1. The average Bonchev–Trinajstić information content (AvgIpc) is 3.22. The van der Waals surface area contributed by atoms with E-state index in [4.69, 9.17) is 9.47 Å². The van der Waals surface area contributed by atoms with Crippen LogP contribution in [0.25, 0.3) is 0 Å². The molecular weight excluding hydrogens is 524 g/mol. The van der Waals surface area contributed by atoms with Crippen LogP contribution in [0.5, 0.6) is 11.5 Å². The van der Waals surface area contributed by atoms with E-state index in [2.05, 4.69) is 6.92 Å². The zero-order valence-corrected chi connectivity index (χ0v) is 22.9. The van der Waals surface area contributed by atoms with Gasteiger partial charge >= 0.3 is 5.97 Å². The number of anilines is 1. The van der Waals surface area contributed by atoms with Gasteiger partial charge in [0.1, 0.15) is 17.2 Å². The number of aryl methyl sites for hydroxylation is 1. The summed E-state index contributed by atoms with van der Waals surface area (Å²) in [6.45, 7) is 2.18. The van der Waals surface area contributed by atoms with Gasteiger partial charge in [0.15, 0.2) is 6.10 Å². The molecule has 2 heterocycles. The monoisotopic (exact) mass is 556 g/mol. The molecular formula is C32H32N2O7. The second-order valence-corrected chi connectivity index (χ2v) is 10.1. The molecule has 2 aliphatic heterocycles. The van der Waals surface area contributed by atoms with E-state index in [0.717, 1.165) is 41.3 Å². The Morgan fingerprint density at radius 2 is 1.63 bits per heavy atom. The first kappa shape index (κ1) is 27.9. The highest BCUT2D eigenvalue weighted by molar-refractivity contribution is 6.25. The number of carbonyl (C=O) groups is 4. The number of nitrogens with zero attached hydrogens (tertiary/aromatic N) is 2. The Morgan fingerprint density at radius 1 is 0.878 bits per heavy atom. The Balaban J connectivity index is 1.38. The van der Waals surface area contributed by atoms with E-state index in [9.17, 15) is 24.3 Å². The van der Waals surface area contributed by atoms with Gasteiger partial charge in [-0.15, -0.1) is 0 Å². The summed E-state index contributed by atoms with van der Waals surface area (Å²) in [5.41, 5.74) is 2.26. The van der Waals surface area contributed by atoms with Crippen molar-refractivity contribution < 1.29 is 33.8 Å². The van der Waals surface area contributed by atoms with E-state index in [-0.39, 0.29) is 25.0 Å². The van der Waals surface area contributed by atoms with Crippen molar-refractivity contribution in [3.63, 3.8) is 0 Å². The summed E-state index contributed by atoms with van der Waals surface area (Å²) in [7, 11) is 0. The highest BCUT2D eigenvalue weighted by atomic mass is 16.5. The Morgan fingerprint density at radius 3 is 2.44 bits per heavy atom. The summed E-state index contributed by atoms with van der Waals surface area (Å²) in [5.74, 6) is -1.86. The van der Waals surface area contributed by atoms with Crippen molar-refractivity contribution in [2.75, 3.05) is 11.6 Å². The lowest BCUT2D eigenvalue weighted by Gasteiger charge is -2.37. The maximum absolute atomic E-state index is 13.8. The van der Waals surface area contributed by atoms with Crippen LogP contribution < -0.4 is 14.5 Å². The number of carboxylic acids is 1. The summed E-state index contributed by atoms with van der Waals surface area (Å²) in [6.07, 6.45) is 3.69. The molecule has 1 unspecified atom stereocenters. The molecule has 212 valence electrons. The van der Waals surface area contributed by atoms with Crippen molar-refractivity contribution in [1.29, 1.82) is 0 Å². The number of hydrogen-bond acceptors (Lipinski definition) is 6. The number of amides is 3. The van der Waals surface area contributed by atoms with Crippen LogP contribution >= 0.6 is 0 Å². The van der Waals surface area contributed by atoms with Gasteiger partial charge in [0.2, 0.25) is 0 Å². The standard InChI is InChI=1S/C32H32N2O7/c1-2-3-4-5-11-21-13-10-14-23-29(21)32(39)34(30(23)37)33-24-15-7-9-17-26(24)41-27(31(33)38)18-19-40-25-16-8-6-12-22(25)20-28(35)36/h6-10,12-17,27H,2-5,11,18-20H2,1H3,(H,35,36). The molecule has 0 radical (unpaired) electrons. The summed E-state index contributed by atoms with van der Waals surface area (Å²) >= 11 is 0. The quantitative estimate of drug-likeness (QED) is 0.241. The second-order valence-electron chi connectivity index (χ2n) is 10.1. The van der Waals surface area contributed by atoms with Crippen LogP contribution in [-0.4, -0.2) is 46.5 Å². The number of benzene rings is 3. The largest absolute Gasteiger partial charge is 0.493 e. The number of ether oxygens (including phenoxy) is 2. The van der Waals surface area contributed by atoms with Gasteiger partial charge in [-0.2, -0.15) is 5.01 Å². The highest BCUT2D eigenvalue weighted by Gasteiger charge is 2.47. The molecule has 9 nitrogen and oxygen atoms in total. The van der Waals surface area contributed by atoms with Crippen molar-refractivity contribution >= 4 is 29.4 Å². The molecule has 1 N–H and O–H groups in total. The maximum atomic E-state index is 13.8. The topological polar surface area (TPSA) is 113 Å². The fourth-order valence-corrected chi connectivity index (χ4v) is 5.28. The molecule has 3 amide bonds. The van der Waals surface area contributed by atoms with E-state index in [1.54, 1.807) is 60.7 Å². The predicted molar refractivity (Wildman–Crippen MR) is 151 cm³/mol. The first-order chi connectivity index (χ1) is 19.9. The summed E-state index contributed by atoms with van der Waals surface area (Å²) < 4.78 is 11.8. The van der Waals surface area contributed by atoms with Gasteiger partial charge in [-0.05, 0) is 42.7 Å². The lowest BCUT2D eigenvalue weighted by molar-refractivity contribution is -0.136. The van der Waals surface area contributed by atoms with Crippen LogP contribution in [0.3, 0.4) is 0 Å². The van der Waals surface area contributed by atoms with Gasteiger partial charge in [-0.1, -0.05) is 68.7 Å². The van der Waals surface area contributed by atoms with E-state index < -0.39 is 29.8 Å². The van der Waals surface area contributed by atoms with Crippen LogP contribution in [0.4, 0.5) is 5.69 Å². The van der Waals surface area contributed by atoms with Crippen molar-refractivity contribution in [3.05, 3.63) is 89.0 Å². The van der Waals surface area contributed by atoms with Crippen LogP contribution in [0, 0.1) is 0 Å². The van der Waals surface area contributed by atoms with Crippen LogP contribution in [-0.2, 0) is 22.4 Å². The molecule has 0 saturated heterocycles. The minimum atomic E-state index is -1.03. The normalized spacial score (nSPS) is 15.9. The van der Waals surface area contributed by atoms with Crippen molar-refractivity contribution in [2.45, 2.75) is 58.0 Å². The number of rotatable bonds is 12. The molecule has 0 aromatic heterocycles. The third-order valence-corrected chi connectivity index (χ3v) is 7.28. The van der Waals surface area contributed by atoms with Crippen LogP contribution in [0.15, 0.2) is 66.7 Å². The lowest BCUT2D eigenvalue weighted by atomic mass is 9.98. The summed E-state index contributed by atoms with van der Waals surface area (Å²) in [4.78, 5) is 52.5. The fourth-order valence-electron chi connectivity index (χ4n) is 5.28. The number of fused-ring (bicyclic) bond motifs is 2. The zero-order chi connectivity index (χ0) is 28.9. The Labute approximate surface area is 238 Å². The Bertz CT molecular complexity index is 1480. The van der Waals surface area contributed by atoms with Gasteiger partial charge in [0.25, 0.3) is 17.7 Å². The molecule has 5 rings (SSSR count). The molecule has 0 saturated carbocycles. The molecule has 41 heavy (non-hydrogen) atoms. The molecule has 0 fully saturated rings. The van der Waals surface area contributed by atoms with E-state index >= 15 is 0 Å². The van der Waals surface area contributed by atoms with Crippen LogP contribution in [0.2, 0.25) is 0 Å². The molecule has 3 aromatic carbocycles. The minimum Gasteiger partial charge on any atom is -0.493 e. The van der Waals surface area contributed by atoms with E-state index in [0.29, 0.717) is 34.7 Å². The first-order valence-corrected chi connectivity index (χ1v) is 13.9. The molecule has 1 atom stereocenters. The van der Waals surface area contributed by atoms with E-state index in [1.165, 1.54) is 0 Å². The van der Waals surface area contributed by atoms with E-state index in [1.807, 2.05) is 6.07 Å². The number of hydrazine groups is 1. The Kier molecular flexibility index (Phi) is 8.33. The highest BCUT2D eigenvalue weighted by Crippen LogP contribution is 2.39. The summed E-state index contributed by atoms with van der Waals surface area (Å²) in [5, 5.41) is 11.2. The maximum Gasteiger partial charge on any atom is 0.307 e. The Hall–Kier alpha value is -4.66. The number of aliphatic carboxylic acids is 1. The van der Waals surface area contributed by atoms with Crippen LogP contribution in [0.1, 0.15) is 70.9 Å². The number of hydrogen-bond donors (Lipinski definition) is 1. The number of unbranched alkanes of at least 4 members (excludes halogenated alkanes) is 3. The summed E-state index contributed by atoms with van der Waals surface area (Å²) in [6, 6.07) is 18.9. The molecule has 2 aliphatic rings. The second kappa shape index (κ2) is 12.2. The lowest BCUT2D eigenvalue weighted by Crippen LogP contribution is -2.57. The third-order valence-electron chi connectivity index (χ3n) is 7.28. The zero-order valence-electron chi connectivity index (χ0n) is 22.9. The SMILES string of the molecule is CCCCCCc1cccc2c1C(=O)N(N1C(=O)C(CCOc3ccccc3CC(=O)O)Oc3ccccc31)C2=O. The van der Waals surface area contributed by atoms with Gasteiger partial charge < -0.3 is 14.6 Å². The van der Waals surface area contributed by atoms with Crippen molar-refractivity contribution in [2.24, 2.45) is 0 Å². The minimum absolute atomic E-state index is 0.0487. The molecule has 3 aromatic rings. The van der Waals surface area contributed by atoms with Gasteiger partial charge in [-0.3, -0.25) is 19.2 Å². The number of carbonyl (C=O) groups excluding carboxylic acids is 3. The average molecular weight is 557 g/mol. The molecule has 0 spiro atoms. The first-order valence-electron chi connectivity index (χ1n) is 13.9. The van der Waals surface area contributed by atoms with Gasteiger partial charge in [0, 0.05) is 12.0 Å². The van der Waals surface area contributed by atoms with Gasteiger partial charge in [-0.25, -0.2) is 5.01 Å². The number of imide groups is 1. The van der Waals surface area contributed by atoms with Gasteiger partial charge in [0.05, 0.1) is 24.2 Å².